The summed E-state index contributed by atoms with van der Waals surface area (Å²) in [6.45, 7) is 2.10. The number of aromatic nitrogens is 2. The Bertz CT molecular complexity index is 547. The molecule has 2 aromatic heterocycles. The SMILES string of the molecule is Cc1oncc1C(=O)NCc1csc(N(C)C)n1. The number of aryl methyl sites for hydroxylation is 1. The van der Waals surface area contributed by atoms with Crippen molar-refractivity contribution in [3.8, 4) is 0 Å². The van der Waals surface area contributed by atoms with Crippen LogP contribution in [0.2, 0.25) is 0 Å². The van der Waals surface area contributed by atoms with Crippen molar-refractivity contribution in [1.29, 1.82) is 0 Å². The van der Waals surface area contributed by atoms with Crippen LogP contribution in [0.25, 0.3) is 0 Å². The molecule has 0 bridgehead atoms. The number of rotatable bonds is 4. The van der Waals surface area contributed by atoms with Gasteiger partial charge in [0.25, 0.3) is 5.91 Å². The van der Waals surface area contributed by atoms with E-state index in [0.717, 1.165) is 10.8 Å². The van der Waals surface area contributed by atoms with E-state index in [1.165, 1.54) is 6.20 Å². The third-order valence-electron chi connectivity index (χ3n) is 2.35. The van der Waals surface area contributed by atoms with Gasteiger partial charge in [-0.2, -0.15) is 0 Å². The van der Waals surface area contributed by atoms with Gasteiger partial charge in [-0.15, -0.1) is 11.3 Å². The van der Waals surface area contributed by atoms with Crippen LogP contribution in [-0.2, 0) is 6.54 Å². The number of amides is 1. The molecule has 2 heterocycles. The Morgan fingerprint density at radius 3 is 2.89 bits per heavy atom. The highest BCUT2D eigenvalue weighted by Crippen LogP contribution is 2.17. The lowest BCUT2D eigenvalue weighted by Crippen LogP contribution is -2.23. The van der Waals surface area contributed by atoms with Crippen LogP contribution >= 0.6 is 11.3 Å². The van der Waals surface area contributed by atoms with Crippen molar-refractivity contribution in [2.24, 2.45) is 0 Å². The van der Waals surface area contributed by atoms with E-state index < -0.39 is 0 Å². The number of carbonyl (C=O) groups is 1. The summed E-state index contributed by atoms with van der Waals surface area (Å²) < 4.78 is 4.84. The highest BCUT2D eigenvalue weighted by molar-refractivity contribution is 7.13. The molecule has 2 rings (SSSR count). The fourth-order valence-corrected chi connectivity index (χ4v) is 2.12. The normalized spacial score (nSPS) is 10.4. The molecule has 0 saturated heterocycles. The van der Waals surface area contributed by atoms with Gasteiger partial charge in [-0.1, -0.05) is 5.16 Å². The summed E-state index contributed by atoms with van der Waals surface area (Å²) >= 11 is 1.54. The van der Waals surface area contributed by atoms with E-state index in [4.69, 9.17) is 4.52 Å². The van der Waals surface area contributed by atoms with Crippen LogP contribution < -0.4 is 10.2 Å². The Hall–Kier alpha value is -1.89. The van der Waals surface area contributed by atoms with Crippen molar-refractivity contribution in [3.63, 3.8) is 0 Å². The molecular formula is C11H14N4O2S. The first kappa shape index (κ1) is 12.6. The second kappa shape index (κ2) is 5.18. The van der Waals surface area contributed by atoms with E-state index in [-0.39, 0.29) is 5.91 Å². The van der Waals surface area contributed by atoms with Crippen molar-refractivity contribution in [2.75, 3.05) is 19.0 Å². The van der Waals surface area contributed by atoms with Gasteiger partial charge in [0.15, 0.2) is 5.13 Å². The minimum absolute atomic E-state index is 0.201. The van der Waals surface area contributed by atoms with Gasteiger partial charge < -0.3 is 14.7 Å². The summed E-state index contributed by atoms with van der Waals surface area (Å²) in [5, 5.41) is 9.19. The third-order valence-corrected chi connectivity index (χ3v) is 3.40. The molecule has 96 valence electrons. The molecule has 0 aliphatic carbocycles. The number of carbonyl (C=O) groups excluding carboxylic acids is 1. The number of nitrogens with zero attached hydrogens (tertiary/aromatic N) is 3. The molecule has 0 saturated carbocycles. The zero-order valence-corrected chi connectivity index (χ0v) is 11.2. The maximum Gasteiger partial charge on any atom is 0.256 e. The van der Waals surface area contributed by atoms with Crippen LogP contribution in [0.4, 0.5) is 5.13 Å². The minimum atomic E-state index is -0.201. The van der Waals surface area contributed by atoms with Crippen molar-refractivity contribution in [2.45, 2.75) is 13.5 Å². The van der Waals surface area contributed by atoms with Gasteiger partial charge in [0.2, 0.25) is 0 Å². The molecule has 0 aliphatic heterocycles. The lowest BCUT2D eigenvalue weighted by atomic mass is 10.2. The molecule has 18 heavy (non-hydrogen) atoms. The maximum absolute atomic E-state index is 11.8. The summed E-state index contributed by atoms with van der Waals surface area (Å²) in [6.07, 6.45) is 1.41. The van der Waals surface area contributed by atoms with Gasteiger partial charge in [-0.25, -0.2) is 4.98 Å². The van der Waals surface area contributed by atoms with E-state index in [1.54, 1.807) is 18.3 Å². The fourth-order valence-electron chi connectivity index (χ4n) is 1.37. The lowest BCUT2D eigenvalue weighted by molar-refractivity contribution is 0.0949. The zero-order valence-electron chi connectivity index (χ0n) is 10.4. The predicted molar refractivity (Wildman–Crippen MR) is 68.9 cm³/mol. The monoisotopic (exact) mass is 266 g/mol. The van der Waals surface area contributed by atoms with Crippen molar-refractivity contribution < 1.29 is 9.32 Å². The second-order valence-electron chi connectivity index (χ2n) is 3.99. The van der Waals surface area contributed by atoms with Gasteiger partial charge in [0, 0.05) is 19.5 Å². The van der Waals surface area contributed by atoms with Crippen molar-refractivity contribution in [1.82, 2.24) is 15.5 Å². The maximum atomic E-state index is 11.8. The fraction of sp³-hybridized carbons (Fsp3) is 0.364. The van der Waals surface area contributed by atoms with E-state index in [0.29, 0.717) is 17.9 Å². The van der Waals surface area contributed by atoms with Crippen LogP contribution in [0.5, 0.6) is 0 Å². The highest BCUT2D eigenvalue weighted by atomic mass is 32.1. The van der Waals surface area contributed by atoms with Crippen LogP contribution in [0.1, 0.15) is 21.8 Å². The van der Waals surface area contributed by atoms with Crippen LogP contribution in [0, 0.1) is 6.92 Å². The summed E-state index contributed by atoms with van der Waals surface area (Å²) in [5.74, 6) is 0.313. The van der Waals surface area contributed by atoms with Crippen LogP contribution in [0.15, 0.2) is 16.1 Å². The summed E-state index contributed by atoms with van der Waals surface area (Å²) in [6, 6.07) is 0. The molecule has 2 aromatic rings. The summed E-state index contributed by atoms with van der Waals surface area (Å²) in [5.41, 5.74) is 1.30. The first-order valence-electron chi connectivity index (χ1n) is 5.39. The van der Waals surface area contributed by atoms with Crippen LogP contribution in [-0.4, -0.2) is 30.1 Å². The molecule has 0 aliphatic rings. The molecule has 1 N–H and O–H groups in total. The molecule has 6 nitrogen and oxygen atoms in total. The largest absolute Gasteiger partial charge is 0.361 e. The molecule has 0 fully saturated rings. The highest BCUT2D eigenvalue weighted by Gasteiger charge is 2.13. The Balaban J connectivity index is 1.95. The first-order chi connectivity index (χ1) is 8.58. The average molecular weight is 266 g/mol. The van der Waals surface area contributed by atoms with Crippen molar-refractivity contribution in [3.05, 3.63) is 28.6 Å². The summed E-state index contributed by atoms with van der Waals surface area (Å²) in [4.78, 5) is 18.1. The van der Waals surface area contributed by atoms with E-state index in [9.17, 15) is 4.79 Å². The molecule has 0 radical (unpaired) electrons. The topological polar surface area (TPSA) is 71.3 Å². The quantitative estimate of drug-likeness (QED) is 0.906. The van der Waals surface area contributed by atoms with Gasteiger partial charge >= 0.3 is 0 Å². The van der Waals surface area contributed by atoms with Gasteiger partial charge in [-0.05, 0) is 6.92 Å². The number of nitrogens with one attached hydrogen (secondary N) is 1. The van der Waals surface area contributed by atoms with Gasteiger partial charge in [0.1, 0.15) is 11.3 Å². The molecule has 0 aromatic carbocycles. The average Bonchev–Trinajstić information content (AvgIpc) is 2.94. The summed E-state index contributed by atoms with van der Waals surface area (Å²) in [7, 11) is 3.86. The van der Waals surface area contributed by atoms with Gasteiger partial charge in [-0.3, -0.25) is 4.79 Å². The molecule has 0 unspecified atom stereocenters. The molecular weight excluding hydrogens is 252 g/mol. The van der Waals surface area contributed by atoms with E-state index in [1.807, 2.05) is 24.4 Å². The Kier molecular flexibility index (Phi) is 3.61. The number of thiazole rings is 1. The Morgan fingerprint density at radius 2 is 2.33 bits per heavy atom. The third kappa shape index (κ3) is 2.67. The Morgan fingerprint density at radius 1 is 1.56 bits per heavy atom. The lowest BCUT2D eigenvalue weighted by Gasteiger charge is -2.05. The minimum Gasteiger partial charge on any atom is -0.361 e. The van der Waals surface area contributed by atoms with Crippen LogP contribution in [0.3, 0.4) is 0 Å². The van der Waals surface area contributed by atoms with Crippen molar-refractivity contribution >= 4 is 22.4 Å². The molecule has 1 amide bonds. The Labute approximate surface area is 109 Å². The standard InChI is InChI=1S/C11H14N4O2S/c1-7-9(5-13-17-7)10(16)12-4-8-6-18-11(14-8)15(2)3/h5-6H,4H2,1-3H3,(H,12,16). The number of hydrogen-bond acceptors (Lipinski definition) is 6. The zero-order chi connectivity index (χ0) is 13.1. The second-order valence-corrected chi connectivity index (χ2v) is 4.83. The van der Waals surface area contributed by atoms with Gasteiger partial charge in [0.05, 0.1) is 18.4 Å². The smallest absolute Gasteiger partial charge is 0.256 e. The molecule has 7 heteroatoms. The number of anilines is 1. The first-order valence-corrected chi connectivity index (χ1v) is 6.27. The van der Waals surface area contributed by atoms with E-state index >= 15 is 0 Å². The predicted octanol–water partition coefficient (Wildman–Crippen LogP) is 1.44. The van der Waals surface area contributed by atoms with E-state index in [2.05, 4.69) is 15.5 Å². The number of hydrogen-bond donors (Lipinski definition) is 1. The molecule has 0 spiro atoms. The molecule has 0 atom stereocenters.